The van der Waals surface area contributed by atoms with Crippen LogP contribution in [0.2, 0.25) is 0 Å². The predicted molar refractivity (Wildman–Crippen MR) is 80.5 cm³/mol. The van der Waals surface area contributed by atoms with Gasteiger partial charge < -0.3 is 15.0 Å². The molecule has 114 valence electrons. The van der Waals surface area contributed by atoms with Crippen molar-refractivity contribution in [2.24, 2.45) is 0 Å². The highest BCUT2D eigenvalue weighted by Gasteiger charge is 2.18. The Hall–Kier alpha value is -0.770. The molecule has 0 heterocycles. The van der Waals surface area contributed by atoms with E-state index in [1.165, 1.54) is 25.7 Å². The monoisotopic (exact) mass is 272 g/mol. The van der Waals surface area contributed by atoms with Crippen LogP contribution in [0.5, 0.6) is 0 Å². The average Bonchev–Trinajstić information content (AvgIpc) is 2.30. The van der Waals surface area contributed by atoms with Gasteiger partial charge in [-0.05, 0) is 46.7 Å². The van der Waals surface area contributed by atoms with E-state index in [1.54, 1.807) is 11.9 Å². The van der Waals surface area contributed by atoms with Gasteiger partial charge in [-0.25, -0.2) is 4.79 Å². The molecule has 4 heteroatoms. The van der Waals surface area contributed by atoms with Crippen LogP contribution in [-0.2, 0) is 4.74 Å². The summed E-state index contributed by atoms with van der Waals surface area (Å²) in [5, 5.41) is 3.41. The first-order valence-corrected chi connectivity index (χ1v) is 7.51. The van der Waals surface area contributed by atoms with E-state index in [1.807, 2.05) is 20.8 Å². The molecule has 0 spiro atoms. The van der Waals surface area contributed by atoms with Gasteiger partial charge in [-0.15, -0.1) is 0 Å². The first-order valence-electron chi connectivity index (χ1n) is 7.51. The van der Waals surface area contributed by atoms with Crippen LogP contribution in [0.15, 0.2) is 0 Å². The summed E-state index contributed by atoms with van der Waals surface area (Å²) < 4.78 is 5.29. The number of ether oxygens (including phenoxy) is 1. The molecular formula is C15H32N2O2. The second-order valence-electron chi connectivity index (χ2n) is 6.07. The molecule has 0 rings (SSSR count). The van der Waals surface area contributed by atoms with Crippen molar-refractivity contribution in [3.05, 3.63) is 0 Å². The Morgan fingerprint density at radius 1 is 1.11 bits per heavy atom. The van der Waals surface area contributed by atoms with Gasteiger partial charge in [0.05, 0.1) is 0 Å². The molecule has 4 nitrogen and oxygen atoms in total. The lowest BCUT2D eigenvalue weighted by Gasteiger charge is -2.24. The van der Waals surface area contributed by atoms with E-state index in [2.05, 4.69) is 12.2 Å². The molecule has 0 unspecified atom stereocenters. The third-order valence-electron chi connectivity index (χ3n) is 2.76. The fourth-order valence-corrected chi connectivity index (χ4v) is 1.67. The lowest BCUT2D eigenvalue weighted by molar-refractivity contribution is 0.0297. The maximum Gasteiger partial charge on any atom is 0.410 e. The summed E-state index contributed by atoms with van der Waals surface area (Å²) in [6.07, 6.45) is 5.88. The van der Waals surface area contributed by atoms with Gasteiger partial charge in [0.25, 0.3) is 0 Å². The maximum absolute atomic E-state index is 11.7. The van der Waals surface area contributed by atoms with Gasteiger partial charge in [0, 0.05) is 13.6 Å². The van der Waals surface area contributed by atoms with Crippen molar-refractivity contribution in [1.82, 2.24) is 10.2 Å². The molecule has 0 aromatic heterocycles. The normalized spacial score (nSPS) is 11.4. The molecule has 0 aromatic rings. The van der Waals surface area contributed by atoms with Gasteiger partial charge in [-0.1, -0.05) is 26.2 Å². The molecule has 1 amide bonds. The number of nitrogens with zero attached hydrogens (tertiary/aromatic N) is 1. The Bertz CT molecular complexity index is 237. The molecule has 0 aliphatic heterocycles. The third-order valence-corrected chi connectivity index (χ3v) is 2.76. The molecule has 0 bridgehead atoms. The fourth-order valence-electron chi connectivity index (χ4n) is 1.67. The summed E-state index contributed by atoms with van der Waals surface area (Å²) in [4.78, 5) is 13.3. The van der Waals surface area contributed by atoms with Crippen molar-refractivity contribution in [2.45, 2.75) is 65.4 Å². The third kappa shape index (κ3) is 12.0. The second kappa shape index (κ2) is 10.1. The highest BCUT2D eigenvalue weighted by molar-refractivity contribution is 5.67. The van der Waals surface area contributed by atoms with Crippen LogP contribution in [0.25, 0.3) is 0 Å². The van der Waals surface area contributed by atoms with Crippen LogP contribution < -0.4 is 5.32 Å². The van der Waals surface area contributed by atoms with Gasteiger partial charge in [-0.2, -0.15) is 0 Å². The molecule has 0 aliphatic rings. The summed E-state index contributed by atoms with van der Waals surface area (Å²) in [5.74, 6) is 0. The number of carbonyl (C=O) groups is 1. The maximum atomic E-state index is 11.7. The van der Waals surface area contributed by atoms with Gasteiger partial charge in [0.15, 0.2) is 0 Å². The summed E-state index contributed by atoms with van der Waals surface area (Å²) in [7, 11) is 1.79. The smallest absolute Gasteiger partial charge is 0.410 e. The molecule has 0 saturated heterocycles. The zero-order valence-electron chi connectivity index (χ0n) is 13.4. The van der Waals surface area contributed by atoms with E-state index >= 15 is 0 Å². The van der Waals surface area contributed by atoms with Crippen molar-refractivity contribution in [3.63, 3.8) is 0 Å². The Kier molecular flexibility index (Phi) is 9.66. The van der Waals surface area contributed by atoms with E-state index in [4.69, 9.17) is 4.74 Å². The zero-order valence-corrected chi connectivity index (χ0v) is 13.4. The number of carbonyl (C=O) groups excluding carboxylic acids is 1. The molecule has 19 heavy (non-hydrogen) atoms. The Balaban J connectivity index is 3.48. The number of amides is 1. The van der Waals surface area contributed by atoms with Crippen molar-refractivity contribution in [1.29, 1.82) is 0 Å². The Morgan fingerprint density at radius 3 is 2.32 bits per heavy atom. The summed E-state index contributed by atoms with van der Waals surface area (Å²) in [6.45, 7) is 10.6. The molecule has 0 radical (unpaired) electrons. The van der Waals surface area contributed by atoms with Gasteiger partial charge in [0.1, 0.15) is 5.60 Å². The zero-order chi connectivity index (χ0) is 14.7. The van der Waals surface area contributed by atoms with Crippen LogP contribution in [0.4, 0.5) is 4.79 Å². The number of hydrogen-bond acceptors (Lipinski definition) is 3. The number of unbranched alkanes of at least 4 members (excludes halogenated alkanes) is 3. The van der Waals surface area contributed by atoms with E-state index in [-0.39, 0.29) is 6.09 Å². The van der Waals surface area contributed by atoms with Crippen LogP contribution in [0.1, 0.15) is 59.8 Å². The van der Waals surface area contributed by atoms with Crippen molar-refractivity contribution < 1.29 is 9.53 Å². The van der Waals surface area contributed by atoms with Crippen molar-refractivity contribution in [3.8, 4) is 0 Å². The molecule has 0 fully saturated rings. The minimum Gasteiger partial charge on any atom is -0.444 e. The SMILES string of the molecule is CCCCCCNCCCN(C)C(=O)OC(C)(C)C. The van der Waals surface area contributed by atoms with Crippen molar-refractivity contribution in [2.75, 3.05) is 26.7 Å². The number of hydrogen-bond donors (Lipinski definition) is 1. The van der Waals surface area contributed by atoms with Crippen LogP contribution in [0, 0.1) is 0 Å². The number of nitrogens with one attached hydrogen (secondary N) is 1. The van der Waals surface area contributed by atoms with E-state index in [9.17, 15) is 4.79 Å². The first-order chi connectivity index (χ1) is 8.87. The van der Waals surface area contributed by atoms with Crippen LogP contribution >= 0.6 is 0 Å². The molecule has 0 saturated carbocycles. The highest BCUT2D eigenvalue weighted by Crippen LogP contribution is 2.09. The quantitative estimate of drug-likeness (QED) is 0.654. The minimum atomic E-state index is -0.414. The molecule has 0 aliphatic carbocycles. The standard InChI is InChI=1S/C15H32N2O2/c1-6-7-8-9-11-16-12-10-13-17(5)14(18)19-15(2,3)4/h16H,6-13H2,1-5H3. The molecule has 1 N–H and O–H groups in total. The van der Waals surface area contributed by atoms with Gasteiger partial charge in [0.2, 0.25) is 0 Å². The second-order valence-corrected chi connectivity index (χ2v) is 6.07. The lowest BCUT2D eigenvalue weighted by atomic mass is 10.2. The van der Waals surface area contributed by atoms with E-state index < -0.39 is 5.60 Å². The number of rotatable bonds is 9. The molecule has 0 aromatic carbocycles. The lowest BCUT2D eigenvalue weighted by Crippen LogP contribution is -2.35. The largest absolute Gasteiger partial charge is 0.444 e. The van der Waals surface area contributed by atoms with Crippen LogP contribution in [-0.4, -0.2) is 43.3 Å². The summed E-state index contributed by atoms with van der Waals surface area (Å²) in [6, 6.07) is 0. The van der Waals surface area contributed by atoms with Crippen LogP contribution in [0.3, 0.4) is 0 Å². The molecule has 0 atom stereocenters. The topological polar surface area (TPSA) is 41.6 Å². The average molecular weight is 272 g/mol. The Morgan fingerprint density at radius 2 is 1.74 bits per heavy atom. The predicted octanol–water partition coefficient (Wildman–Crippen LogP) is 3.41. The summed E-state index contributed by atoms with van der Waals surface area (Å²) >= 11 is 0. The minimum absolute atomic E-state index is 0.240. The highest BCUT2D eigenvalue weighted by atomic mass is 16.6. The summed E-state index contributed by atoms with van der Waals surface area (Å²) in [5.41, 5.74) is -0.414. The van der Waals surface area contributed by atoms with E-state index in [0.29, 0.717) is 0 Å². The Labute approximate surface area is 118 Å². The van der Waals surface area contributed by atoms with Gasteiger partial charge in [-0.3, -0.25) is 0 Å². The van der Waals surface area contributed by atoms with Crippen molar-refractivity contribution >= 4 is 6.09 Å². The molecular weight excluding hydrogens is 240 g/mol. The fraction of sp³-hybridized carbons (Fsp3) is 0.933. The van der Waals surface area contributed by atoms with E-state index in [0.717, 1.165) is 26.1 Å². The van der Waals surface area contributed by atoms with Gasteiger partial charge >= 0.3 is 6.09 Å². The first kappa shape index (κ1) is 18.2.